The number of aromatic nitrogens is 3. The standard InChI is InChI=1S/C12H11BrN4O/c13-9-3-4-11-15-12(16-17(11)8-9)14-6-5-10-2-1-7-18-10/h1-4,7-8H,5-6H2,(H,14,16). The largest absolute Gasteiger partial charge is 0.469 e. The molecular weight excluding hydrogens is 296 g/mol. The lowest BCUT2D eigenvalue weighted by Crippen LogP contribution is -2.05. The van der Waals surface area contributed by atoms with E-state index in [1.807, 2.05) is 30.5 Å². The molecule has 92 valence electrons. The van der Waals surface area contributed by atoms with Crippen LogP contribution in [0.3, 0.4) is 0 Å². The van der Waals surface area contributed by atoms with E-state index in [9.17, 15) is 0 Å². The van der Waals surface area contributed by atoms with Crippen LogP contribution in [0.2, 0.25) is 0 Å². The van der Waals surface area contributed by atoms with Crippen LogP contribution in [0.15, 0.2) is 45.6 Å². The number of anilines is 1. The van der Waals surface area contributed by atoms with Crippen LogP contribution in [0, 0.1) is 0 Å². The lowest BCUT2D eigenvalue weighted by atomic mass is 10.3. The molecule has 0 unspecified atom stereocenters. The van der Waals surface area contributed by atoms with Crippen molar-refractivity contribution in [1.29, 1.82) is 0 Å². The number of pyridine rings is 1. The van der Waals surface area contributed by atoms with Gasteiger partial charge >= 0.3 is 0 Å². The molecule has 0 aliphatic carbocycles. The maximum absolute atomic E-state index is 5.25. The SMILES string of the molecule is Brc1ccc2nc(NCCc3ccco3)nn2c1. The van der Waals surface area contributed by atoms with Gasteiger partial charge in [0.25, 0.3) is 0 Å². The molecule has 6 heteroatoms. The first-order valence-electron chi connectivity index (χ1n) is 5.59. The zero-order valence-corrected chi connectivity index (χ0v) is 11.1. The normalized spacial score (nSPS) is 10.9. The van der Waals surface area contributed by atoms with E-state index in [1.54, 1.807) is 10.8 Å². The molecule has 0 radical (unpaired) electrons. The van der Waals surface area contributed by atoms with Gasteiger partial charge in [0.15, 0.2) is 5.65 Å². The summed E-state index contributed by atoms with van der Waals surface area (Å²) in [6, 6.07) is 7.69. The molecule has 0 aromatic carbocycles. The minimum atomic E-state index is 0.625. The van der Waals surface area contributed by atoms with E-state index in [1.165, 1.54) is 0 Å². The van der Waals surface area contributed by atoms with Crippen molar-refractivity contribution in [3.05, 3.63) is 47.0 Å². The zero-order valence-electron chi connectivity index (χ0n) is 9.51. The highest BCUT2D eigenvalue weighted by Crippen LogP contribution is 2.12. The van der Waals surface area contributed by atoms with Crippen molar-refractivity contribution in [1.82, 2.24) is 14.6 Å². The Morgan fingerprint density at radius 1 is 1.33 bits per heavy atom. The average Bonchev–Trinajstić information content (AvgIpc) is 2.97. The fourth-order valence-electron chi connectivity index (χ4n) is 1.69. The molecule has 0 saturated heterocycles. The van der Waals surface area contributed by atoms with Gasteiger partial charge in [-0.05, 0) is 40.2 Å². The third kappa shape index (κ3) is 2.38. The fraction of sp³-hybridized carbons (Fsp3) is 0.167. The summed E-state index contributed by atoms with van der Waals surface area (Å²) in [5.74, 6) is 1.58. The molecule has 0 saturated carbocycles. The predicted molar refractivity (Wildman–Crippen MR) is 71.6 cm³/mol. The van der Waals surface area contributed by atoms with Gasteiger partial charge in [0.05, 0.1) is 6.26 Å². The highest BCUT2D eigenvalue weighted by molar-refractivity contribution is 9.10. The number of nitrogens with one attached hydrogen (secondary N) is 1. The van der Waals surface area contributed by atoms with E-state index in [4.69, 9.17) is 4.42 Å². The smallest absolute Gasteiger partial charge is 0.243 e. The molecule has 3 rings (SSSR count). The number of furan rings is 1. The van der Waals surface area contributed by atoms with Crippen LogP contribution in [0.1, 0.15) is 5.76 Å². The zero-order chi connectivity index (χ0) is 12.4. The third-order valence-corrected chi connectivity index (χ3v) is 3.00. The average molecular weight is 307 g/mol. The van der Waals surface area contributed by atoms with Gasteiger partial charge in [0.2, 0.25) is 5.95 Å². The molecule has 0 fully saturated rings. The molecule has 3 heterocycles. The Bertz CT molecular complexity index is 647. The molecular formula is C12H11BrN4O. The van der Waals surface area contributed by atoms with Gasteiger partial charge in [0.1, 0.15) is 5.76 Å². The van der Waals surface area contributed by atoms with Crippen molar-refractivity contribution in [2.45, 2.75) is 6.42 Å². The van der Waals surface area contributed by atoms with Crippen molar-refractivity contribution < 1.29 is 4.42 Å². The molecule has 18 heavy (non-hydrogen) atoms. The maximum Gasteiger partial charge on any atom is 0.243 e. The van der Waals surface area contributed by atoms with E-state index in [0.717, 1.165) is 28.8 Å². The van der Waals surface area contributed by atoms with E-state index in [0.29, 0.717) is 5.95 Å². The number of nitrogens with zero attached hydrogens (tertiary/aromatic N) is 3. The second-order valence-electron chi connectivity index (χ2n) is 3.84. The van der Waals surface area contributed by atoms with Gasteiger partial charge in [0, 0.05) is 23.6 Å². The van der Waals surface area contributed by atoms with Crippen molar-refractivity contribution >= 4 is 27.5 Å². The summed E-state index contributed by atoms with van der Waals surface area (Å²) >= 11 is 3.40. The van der Waals surface area contributed by atoms with Crippen LogP contribution in [0.4, 0.5) is 5.95 Å². The Balaban J connectivity index is 1.67. The first-order chi connectivity index (χ1) is 8.81. The highest BCUT2D eigenvalue weighted by Gasteiger charge is 2.03. The number of rotatable bonds is 4. The summed E-state index contributed by atoms with van der Waals surface area (Å²) in [4.78, 5) is 4.36. The van der Waals surface area contributed by atoms with Crippen molar-refractivity contribution in [2.75, 3.05) is 11.9 Å². The van der Waals surface area contributed by atoms with Crippen LogP contribution in [0.25, 0.3) is 5.65 Å². The van der Waals surface area contributed by atoms with Gasteiger partial charge in [-0.15, -0.1) is 5.10 Å². The lowest BCUT2D eigenvalue weighted by molar-refractivity contribution is 0.512. The predicted octanol–water partition coefficient (Wildman–Crippen LogP) is 2.74. The van der Waals surface area contributed by atoms with E-state index >= 15 is 0 Å². The Hall–Kier alpha value is -1.82. The topological polar surface area (TPSA) is 55.4 Å². The van der Waals surface area contributed by atoms with Gasteiger partial charge in [-0.2, -0.15) is 4.98 Å². The molecule has 5 nitrogen and oxygen atoms in total. The van der Waals surface area contributed by atoms with Crippen molar-refractivity contribution in [3.63, 3.8) is 0 Å². The molecule has 0 aliphatic rings. The summed E-state index contributed by atoms with van der Waals surface area (Å²) in [5.41, 5.74) is 0.818. The molecule has 0 aliphatic heterocycles. The number of hydrogen-bond donors (Lipinski definition) is 1. The summed E-state index contributed by atoms with van der Waals surface area (Å²) < 4.78 is 7.96. The van der Waals surface area contributed by atoms with Gasteiger partial charge in [-0.3, -0.25) is 0 Å². The lowest BCUT2D eigenvalue weighted by Gasteiger charge is -1.98. The van der Waals surface area contributed by atoms with Gasteiger partial charge in [-0.1, -0.05) is 0 Å². The second kappa shape index (κ2) is 4.81. The van der Waals surface area contributed by atoms with E-state index in [-0.39, 0.29) is 0 Å². The van der Waals surface area contributed by atoms with Crippen LogP contribution >= 0.6 is 15.9 Å². The van der Waals surface area contributed by atoms with Crippen LogP contribution in [-0.4, -0.2) is 21.1 Å². The second-order valence-corrected chi connectivity index (χ2v) is 4.76. The number of fused-ring (bicyclic) bond motifs is 1. The minimum absolute atomic E-state index is 0.625. The Morgan fingerprint density at radius 2 is 2.28 bits per heavy atom. The minimum Gasteiger partial charge on any atom is -0.469 e. The number of halogens is 1. The third-order valence-electron chi connectivity index (χ3n) is 2.53. The quantitative estimate of drug-likeness (QED) is 0.805. The van der Waals surface area contributed by atoms with Gasteiger partial charge < -0.3 is 9.73 Å². The van der Waals surface area contributed by atoms with Crippen LogP contribution in [0.5, 0.6) is 0 Å². The molecule has 3 aromatic heterocycles. The van der Waals surface area contributed by atoms with Crippen molar-refractivity contribution in [2.24, 2.45) is 0 Å². The highest BCUT2D eigenvalue weighted by atomic mass is 79.9. The Labute approximate surface area is 112 Å². The first kappa shape index (κ1) is 11.3. The fourth-order valence-corrected chi connectivity index (χ4v) is 2.01. The Kier molecular flexibility index (Phi) is 3.02. The van der Waals surface area contributed by atoms with Crippen LogP contribution in [-0.2, 0) is 6.42 Å². The summed E-state index contributed by atoms with van der Waals surface area (Å²) in [6.07, 6.45) is 4.36. The molecule has 0 spiro atoms. The van der Waals surface area contributed by atoms with E-state index in [2.05, 4.69) is 31.3 Å². The Morgan fingerprint density at radius 3 is 3.11 bits per heavy atom. The molecule has 1 N–H and O–H groups in total. The maximum atomic E-state index is 5.25. The summed E-state index contributed by atoms with van der Waals surface area (Å²) in [6.45, 7) is 0.742. The number of hydrogen-bond acceptors (Lipinski definition) is 4. The molecule has 0 bridgehead atoms. The van der Waals surface area contributed by atoms with Crippen LogP contribution < -0.4 is 5.32 Å². The molecule has 3 aromatic rings. The first-order valence-corrected chi connectivity index (χ1v) is 6.39. The monoisotopic (exact) mass is 306 g/mol. The van der Waals surface area contributed by atoms with Gasteiger partial charge in [-0.25, -0.2) is 4.52 Å². The van der Waals surface area contributed by atoms with E-state index < -0.39 is 0 Å². The molecule has 0 atom stereocenters. The summed E-state index contributed by atoms with van der Waals surface area (Å²) in [5, 5.41) is 7.50. The summed E-state index contributed by atoms with van der Waals surface area (Å²) in [7, 11) is 0. The molecule has 0 amide bonds. The van der Waals surface area contributed by atoms with Crippen molar-refractivity contribution in [3.8, 4) is 0 Å².